The Hall–Kier alpha value is -1.42. The van der Waals surface area contributed by atoms with Crippen LogP contribution in [0.4, 0.5) is 0 Å². The molecule has 0 aromatic heterocycles. The van der Waals surface area contributed by atoms with E-state index in [0.29, 0.717) is 12.5 Å². The summed E-state index contributed by atoms with van der Waals surface area (Å²) in [6, 6.07) is 0. The molecule has 3 aliphatic rings. The Labute approximate surface area is 126 Å². The Kier molecular flexibility index (Phi) is 4.54. The zero-order valence-electron chi connectivity index (χ0n) is 12.5. The van der Waals surface area contributed by atoms with Crippen LogP contribution in [0.25, 0.3) is 0 Å². The Morgan fingerprint density at radius 1 is 1.19 bits per heavy atom. The number of piperidine rings is 1. The van der Waals surface area contributed by atoms with Gasteiger partial charge in [0.05, 0.1) is 0 Å². The highest BCUT2D eigenvalue weighted by molar-refractivity contribution is 6.05. The number of rotatable bonds is 4. The third-order valence-electron chi connectivity index (χ3n) is 4.67. The van der Waals surface area contributed by atoms with E-state index in [0.717, 1.165) is 38.3 Å². The van der Waals surface area contributed by atoms with Crippen molar-refractivity contribution >= 4 is 11.8 Å². The molecule has 21 heavy (non-hydrogen) atoms. The highest BCUT2D eigenvalue weighted by Crippen LogP contribution is 2.31. The van der Waals surface area contributed by atoms with Crippen LogP contribution in [0.3, 0.4) is 0 Å². The number of hydrogen-bond acceptors (Lipinski definition) is 3. The first kappa shape index (κ1) is 14.5. The summed E-state index contributed by atoms with van der Waals surface area (Å²) in [5, 5.41) is 0. The van der Waals surface area contributed by atoms with Gasteiger partial charge in [0.25, 0.3) is 11.8 Å². The van der Waals surface area contributed by atoms with Crippen molar-refractivity contribution in [2.45, 2.75) is 32.1 Å². The Bertz CT molecular complexity index is 457. The normalized spacial score (nSPS) is 25.0. The average Bonchev–Trinajstić information content (AvgIpc) is 3.31. The van der Waals surface area contributed by atoms with Crippen LogP contribution >= 0.6 is 0 Å². The highest BCUT2D eigenvalue weighted by Gasteiger charge is 2.26. The van der Waals surface area contributed by atoms with Gasteiger partial charge in [-0.3, -0.25) is 14.5 Å². The third-order valence-corrected chi connectivity index (χ3v) is 4.67. The molecule has 1 aliphatic carbocycles. The SMILES string of the molecule is O=C1C=CCCN1C(=O)/C=C/C1CCN(CC2CC2)CC1. The quantitative estimate of drug-likeness (QED) is 0.743. The standard InChI is InChI=1S/C17H24N2O2/c20-16-3-1-2-10-19(16)17(21)7-6-14-8-11-18(12-9-14)13-15-4-5-15/h1,3,6-7,14-15H,2,4-5,8-13H2/b7-6+. The zero-order chi connectivity index (χ0) is 14.7. The monoisotopic (exact) mass is 288 g/mol. The topological polar surface area (TPSA) is 40.6 Å². The van der Waals surface area contributed by atoms with Gasteiger partial charge in [-0.2, -0.15) is 0 Å². The number of allylic oxidation sites excluding steroid dienone is 1. The van der Waals surface area contributed by atoms with Gasteiger partial charge in [-0.15, -0.1) is 0 Å². The van der Waals surface area contributed by atoms with Gasteiger partial charge in [0.1, 0.15) is 0 Å². The minimum atomic E-state index is -0.185. The van der Waals surface area contributed by atoms with Crippen LogP contribution in [0.2, 0.25) is 0 Å². The number of imide groups is 1. The predicted molar refractivity (Wildman–Crippen MR) is 81.5 cm³/mol. The molecule has 2 fully saturated rings. The van der Waals surface area contributed by atoms with Crippen molar-refractivity contribution in [2.24, 2.45) is 11.8 Å². The lowest BCUT2D eigenvalue weighted by Crippen LogP contribution is -2.37. The molecule has 0 radical (unpaired) electrons. The number of likely N-dealkylation sites (tertiary alicyclic amines) is 1. The number of nitrogens with zero attached hydrogens (tertiary/aromatic N) is 2. The van der Waals surface area contributed by atoms with E-state index in [1.54, 1.807) is 6.08 Å². The highest BCUT2D eigenvalue weighted by atomic mass is 16.2. The van der Waals surface area contributed by atoms with Crippen LogP contribution in [-0.4, -0.2) is 47.8 Å². The van der Waals surface area contributed by atoms with E-state index < -0.39 is 0 Å². The molecule has 2 heterocycles. The van der Waals surface area contributed by atoms with Gasteiger partial charge in [-0.1, -0.05) is 12.2 Å². The van der Waals surface area contributed by atoms with E-state index in [-0.39, 0.29) is 11.8 Å². The largest absolute Gasteiger partial charge is 0.303 e. The Balaban J connectivity index is 1.44. The molecule has 114 valence electrons. The number of amides is 2. The van der Waals surface area contributed by atoms with Gasteiger partial charge in [0, 0.05) is 13.1 Å². The molecule has 2 amide bonds. The van der Waals surface area contributed by atoms with E-state index in [1.807, 2.05) is 12.2 Å². The zero-order valence-corrected chi connectivity index (χ0v) is 12.5. The van der Waals surface area contributed by atoms with Crippen molar-refractivity contribution in [3.05, 3.63) is 24.3 Å². The summed E-state index contributed by atoms with van der Waals surface area (Å²) >= 11 is 0. The molecule has 1 saturated carbocycles. The van der Waals surface area contributed by atoms with Crippen molar-refractivity contribution in [3.8, 4) is 0 Å². The summed E-state index contributed by atoms with van der Waals surface area (Å²) in [6.07, 6.45) is 12.8. The number of carbonyl (C=O) groups excluding carboxylic acids is 2. The summed E-state index contributed by atoms with van der Waals surface area (Å²) in [6.45, 7) is 4.07. The molecule has 2 aliphatic heterocycles. The Morgan fingerprint density at radius 2 is 1.95 bits per heavy atom. The fourth-order valence-corrected chi connectivity index (χ4v) is 3.11. The molecular weight excluding hydrogens is 264 g/mol. The predicted octanol–water partition coefficient (Wildman–Crippen LogP) is 1.98. The van der Waals surface area contributed by atoms with E-state index in [9.17, 15) is 9.59 Å². The summed E-state index contributed by atoms with van der Waals surface area (Å²) in [4.78, 5) is 27.5. The van der Waals surface area contributed by atoms with Crippen LogP contribution in [-0.2, 0) is 9.59 Å². The first-order valence-electron chi connectivity index (χ1n) is 8.15. The van der Waals surface area contributed by atoms with Crippen molar-refractivity contribution < 1.29 is 9.59 Å². The van der Waals surface area contributed by atoms with E-state index in [2.05, 4.69) is 4.90 Å². The molecular formula is C17H24N2O2. The maximum Gasteiger partial charge on any atom is 0.253 e. The molecule has 4 heteroatoms. The van der Waals surface area contributed by atoms with Gasteiger partial charge in [0.15, 0.2) is 0 Å². The minimum Gasteiger partial charge on any atom is -0.303 e. The molecule has 0 aromatic rings. The lowest BCUT2D eigenvalue weighted by molar-refractivity contribution is -0.139. The molecule has 4 nitrogen and oxygen atoms in total. The lowest BCUT2D eigenvalue weighted by atomic mass is 9.96. The molecule has 0 aromatic carbocycles. The molecule has 0 unspecified atom stereocenters. The van der Waals surface area contributed by atoms with Gasteiger partial charge < -0.3 is 4.90 Å². The van der Waals surface area contributed by atoms with Gasteiger partial charge in [-0.25, -0.2) is 0 Å². The Morgan fingerprint density at radius 3 is 2.62 bits per heavy atom. The summed E-state index contributed by atoms with van der Waals surface area (Å²) in [5.41, 5.74) is 0. The van der Waals surface area contributed by atoms with Gasteiger partial charge >= 0.3 is 0 Å². The maximum atomic E-state index is 12.0. The molecule has 0 atom stereocenters. The first-order valence-corrected chi connectivity index (χ1v) is 8.15. The van der Waals surface area contributed by atoms with Crippen LogP contribution in [0, 0.1) is 11.8 Å². The maximum absolute atomic E-state index is 12.0. The van der Waals surface area contributed by atoms with Crippen LogP contribution in [0.5, 0.6) is 0 Å². The van der Waals surface area contributed by atoms with Gasteiger partial charge in [0.2, 0.25) is 0 Å². The van der Waals surface area contributed by atoms with E-state index in [4.69, 9.17) is 0 Å². The van der Waals surface area contributed by atoms with Gasteiger partial charge in [-0.05, 0) is 69.2 Å². The molecule has 0 spiro atoms. The lowest BCUT2D eigenvalue weighted by Gasteiger charge is -2.30. The fourth-order valence-electron chi connectivity index (χ4n) is 3.11. The molecule has 0 N–H and O–H groups in total. The molecule has 1 saturated heterocycles. The van der Waals surface area contributed by atoms with Crippen molar-refractivity contribution in [3.63, 3.8) is 0 Å². The second kappa shape index (κ2) is 6.56. The summed E-state index contributed by atoms with van der Waals surface area (Å²) in [5.74, 6) is 1.09. The van der Waals surface area contributed by atoms with Crippen molar-refractivity contribution in [1.82, 2.24) is 9.80 Å². The van der Waals surface area contributed by atoms with E-state index in [1.165, 1.54) is 30.4 Å². The van der Waals surface area contributed by atoms with Crippen LogP contribution < -0.4 is 0 Å². The summed E-state index contributed by atoms with van der Waals surface area (Å²) < 4.78 is 0. The summed E-state index contributed by atoms with van der Waals surface area (Å²) in [7, 11) is 0. The average molecular weight is 288 g/mol. The van der Waals surface area contributed by atoms with Crippen molar-refractivity contribution in [1.29, 1.82) is 0 Å². The second-order valence-corrected chi connectivity index (χ2v) is 6.46. The first-order chi connectivity index (χ1) is 10.2. The second-order valence-electron chi connectivity index (χ2n) is 6.46. The minimum absolute atomic E-state index is 0.162. The molecule has 0 bridgehead atoms. The number of hydrogen-bond donors (Lipinski definition) is 0. The molecule has 3 rings (SSSR count). The van der Waals surface area contributed by atoms with Crippen LogP contribution in [0.1, 0.15) is 32.1 Å². The fraction of sp³-hybridized carbons (Fsp3) is 0.647. The van der Waals surface area contributed by atoms with Crippen LogP contribution in [0.15, 0.2) is 24.3 Å². The smallest absolute Gasteiger partial charge is 0.253 e. The number of carbonyl (C=O) groups is 2. The van der Waals surface area contributed by atoms with Crippen molar-refractivity contribution in [2.75, 3.05) is 26.2 Å². The third kappa shape index (κ3) is 4.03. The van der Waals surface area contributed by atoms with E-state index >= 15 is 0 Å².